The topological polar surface area (TPSA) is 115 Å². The van der Waals surface area contributed by atoms with Crippen LogP contribution in [0.15, 0.2) is 12.3 Å². The monoisotopic (exact) mass is 665 g/mol. The second kappa shape index (κ2) is 12.7. The van der Waals surface area contributed by atoms with E-state index in [9.17, 15) is 43.9 Å². The van der Waals surface area contributed by atoms with Crippen LogP contribution in [0.1, 0.15) is 56.9 Å². The van der Waals surface area contributed by atoms with Crippen LogP contribution in [0.5, 0.6) is 5.75 Å². The molecular formula is C25H31ClF7N5O4S. The van der Waals surface area contributed by atoms with Crippen LogP contribution < -0.4 is 15.4 Å². The zero-order valence-electron chi connectivity index (χ0n) is 23.5. The number of nitrogens with one attached hydrogen (secondary N) is 2. The zero-order chi connectivity index (χ0) is 32.5. The molecule has 0 saturated heterocycles. The quantitative estimate of drug-likeness (QED) is 0.286. The largest absolute Gasteiger partial charge is 0.455 e. The Balaban J connectivity index is 1.88. The molecule has 0 bridgehead atoms. The first-order valence-corrected chi connectivity index (χ1v) is 15.4. The molecule has 0 unspecified atom stereocenters. The van der Waals surface area contributed by atoms with Gasteiger partial charge in [0.05, 0.1) is 21.5 Å². The highest BCUT2D eigenvalue weighted by molar-refractivity contribution is 7.91. The van der Waals surface area contributed by atoms with Crippen molar-refractivity contribution in [3.8, 4) is 17.0 Å². The summed E-state index contributed by atoms with van der Waals surface area (Å²) in [5.41, 5.74) is -3.53. The number of aromatic nitrogens is 3. The maximum Gasteiger partial charge on any atom is 0.455 e. The summed E-state index contributed by atoms with van der Waals surface area (Å²) in [6, 6.07) is 0.714. The van der Waals surface area contributed by atoms with Gasteiger partial charge in [-0.05, 0) is 52.4 Å². The summed E-state index contributed by atoms with van der Waals surface area (Å²) >= 11 is 6.47. The lowest BCUT2D eigenvalue weighted by Gasteiger charge is -2.36. The number of sulfone groups is 1. The zero-order valence-corrected chi connectivity index (χ0v) is 25.1. The van der Waals surface area contributed by atoms with Gasteiger partial charge in [0.15, 0.2) is 5.69 Å². The molecule has 0 aliphatic heterocycles. The second-order valence-electron chi connectivity index (χ2n) is 10.8. The lowest BCUT2D eigenvalue weighted by molar-refractivity contribution is -0.299. The summed E-state index contributed by atoms with van der Waals surface area (Å²) in [7, 11) is -3.16. The molecule has 18 heteroatoms. The van der Waals surface area contributed by atoms with E-state index in [4.69, 9.17) is 11.6 Å². The Kier molecular flexibility index (Phi) is 10.2. The number of hydrogen-bond donors (Lipinski definition) is 2. The lowest BCUT2D eigenvalue weighted by atomic mass is 9.89. The molecule has 1 aliphatic rings. The molecule has 2 aromatic rings. The number of carbonyl (C=O) groups is 1. The molecule has 1 aliphatic carbocycles. The molecule has 1 saturated carbocycles. The number of anilines is 1. The number of nitrogens with zero attached hydrogens (tertiary/aromatic N) is 3. The standard InChI is InChI=1S/C25H31ClF7N5O4S/c1-5-38-20(18(26)19(37-38)21(39)35-11-13-6-8-14(9-7-13)43(4,40)41)15-12-34-17(10-16(15)42-22(27)28)36-23(2,3)24(29,30)25(31,32)33/h10,12-14,22H,5-9,11H2,1-4H3,(H,34,36)(H,35,39). The SMILES string of the molecule is CCn1nc(C(=O)NCC2CCC(S(C)(=O)=O)CC2)c(Cl)c1-c1cnc(NC(C)(C)C(F)(F)C(F)(F)F)cc1OC(F)F. The van der Waals surface area contributed by atoms with Crippen LogP contribution >= 0.6 is 11.6 Å². The summed E-state index contributed by atoms with van der Waals surface area (Å²) in [6.45, 7) is -0.412. The number of halogens is 8. The molecule has 2 heterocycles. The molecule has 0 aromatic carbocycles. The Labute approximate surface area is 248 Å². The van der Waals surface area contributed by atoms with Gasteiger partial charge in [0.25, 0.3) is 5.91 Å². The molecule has 242 valence electrons. The summed E-state index contributed by atoms with van der Waals surface area (Å²) in [4.78, 5) is 16.8. The Bertz CT molecular complexity index is 1430. The van der Waals surface area contributed by atoms with Gasteiger partial charge in [0.1, 0.15) is 26.9 Å². The Hall–Kier alpha value is -2.82. The molecule has 0 spiro atoms. The van der Waals surface area contributed by atoms with Gasteiger partial charge in [-0.15, -0.1) is 0 Å². The molecule has 9 nitrogen and oxygen atoms in total. The van der Waals surface area contributed by atoms with Crippen molar-refractivity contribution in [2.45, 2.75) is 82.5 Å². The molecule has 3 rings (SSSR count). The second-order valence-corrected chi connectivity index (χ2v) is 13.5. The summed E-state index contributed by atoms with van der Waals surface area (Å²) in [6.07, 6.45) is -1.78. The predicted octanol–water partition coefficient (Wildman–Crippen LogP) is 5.94. The van der Waals surface area contributed by atoms with Crippen molar-refractivity contribution in [1.29, 1.82) is 0 Å². The summed E-state index contributed by atoms with van der Waals surface area (Å²) in [5.74, 6) is -7.22. The van der Waals surface area contributed by atoms with E-state index in [0.717, 1.165) is 6.20 Å². The third-order valence-corrected chi connectivity index (χ3v) is 9.32. The van der Waals surface area contributed by atoms with E-state index in [1.54, 1.807) is 6.92 Å². The van der Waals surface area contributed by atoms with Gasteiger partial charge in [-0.2, -0.15) is 35.8 Å². The fraction of sp³-hybridized carbons (Fsp3) is 0.640. The Morgan fingerprint density at radius 2 is 1.77 bits per heavy atom. The molecule has 1 fully saturated rings. The minimum atomic E-state index is -5.92. The molecule has 2 aromatic heterocycles. The van der Waals surface area contributed by atoms with Crippen molar-refractivity contribution in [3.05, 3.63) is 23.0 Å². The van der Waals surface area contributed by atoms with Gasteiger partial charge in [-0.1, -0.05) is 11.6 Å². The number of pyridine rings is 1. The van der Waals surface area contributed by atoms with Crippen LogP contribution in [0.25, 0.3) is 11.3 Å². The normalized spacial score (nSPS) is 18.5. The Morgan fingerprint density at radius 1 is 1.16 bits per heavy atom. The maximum atomic E-state index is 14.1. The fourth-order valence-electron chi connectivity index (χ4n) is 4.79. The maximum absolute atomic E-state index is 14.1. The predicted molar refractivity (Wildman–Crippen MR) is 144 cm³/mol. The van der Waals surface area contributed by atoms with Crippen LogP contribution in [-0.4, -0.2) is 71.4 Å². The van der Waals surface area contributed by atoms with Gasteiger partial charge in [0.2, 0.25) is 0 Å². The number of ether oxygens (including phenoxy) is 1. The summed E-state index contributed by atoms with van der Waals surface area (Å²) < 4.78 is 123. The highest BCUT2D eigenvalue weighted by atomic mass is 35.5. The average Bonchev–Trinajstić information content (AvgIpc) is 3.22. The van der Waals surface area contributed by atoms with Gasteiger partial charge >= 0.3 is 18.7 Å². The van der Waals surface area contributed by atoms with Crippen molar-refractivity contribution in [2.24, 2.45) is 5.92 Å². The first-order chi connectivity index (χ1) is 19.7. The van der Waals surface area contributed by atoms with E-state index in [2.05, 4.69) is 20.1 Å². The molecule has 0 atom stereocenters. The van der Waals surface area contributed by atoms with Crippen molar-refractivity contribution in [3.63, 3.8) is 0 Å². The minimum absolute atomic E-state index is 0.0118. The van der Waals surface area contributed by atoms with Gasteiger partial charge in [0, 0.05) is 31.6 Å². The van der Waals surface area contributed by atoms with Crippen molar-refractivity contribution in [1.82, 2.24) is 20.1 Å². The molecule has 1 amide bonds. The van der Waals surface area contributed by atoms with Crippen molar-refractivity contribution >= 4 is 33.2 Å². The molecular weight excluding hydrogens is 635 g/mol. The van der Waals surface area contributed by atoms with Crippen molar-refractivity contribution < 1.29 is 48.7 Å². The van der Waals surface area contributed by atoms with Crippen LogP contribution in [0.2, 0.25) is 5.02 Å². The van der Waals surface area contributed by atoms with E-state index in [1.165, 1.54) is 10.9 Å². The Morgan fingerprint density at radius 3 is 2.28 bits per heavy atom. The molecule has 0 radical (unpaired) electrons. The van der Waals surface area contributed by atoms with Crippen LogP contribution in [0.4, 0.5) is 36.6 Å². The highest BCUT2D eigenvalue weighted by Gasteiger charge is 2.66. The van der Waals surface area contributed by atoms with Crippen LogP contribution in [0, 0.1) is 5.92 Å². The molecule has 43 heavy (non-hydrogen) atoms. The van der Waals surface area contributed by atoms with E-state index >= 15 is 0 Å². The van der Waals surface area contributed by atoms with Crippen LogP contribution in [0.3, 0.4) is 0 Å². The average molecular weight is 666 g/mol. The third-order valence-electron chi connectivity index (χ3n) is 7.28. The fourth-order valence-corrected chi connectivity index (χ4v) is 6.24. The number of hydrogen-bond acceptors (Lipinski definition) is 7. The number of rotatable bonds is 11. The molecule has 2 N–H and O–H groups in total. The lowest BCUT2D eigenvalue weighted by Crippen LogP contribution is -2.57. The van der Waals surface area contributed by atoms with Gasteiger partial charge < -0.3 is 15.4 Å². The van der Waals surface area contributed by atoms with Crippen molar-refractivity contribution in [2.75, 3.05) is 18.1 Å². The van der Waals surface area contributed by atoms with E-state index in [-0.39, 0.29) is 41.0 Å². The first kappa shape index (κ1) is 34.7. The minimum Gasteiger partial charge on any atom is -0.434 e. The van der Waals surface area contributed by atoms with Crippen LogP contribution in [-0.2, 0) is 16.4 Å². The van der Waals surface area contributed by atoms with Gasteiger partial charge in [-0.25, -0.2) is 13.4 Å². The highest BCUT2D eigenvalue weighted by Crippen LogP contribution is 2.45. The number of carbonyl (C=O) groups excluding carboxylic acids is 1. The van der Waals surface area contributed by atoms with E-state index < -0.39 is 56.8 Å². The van der Waals surface area contributed by atoms with Gasteiger partial charge in [-0.3, -0.25) is 9.48 Å². The number of aryl methyl sites for hydroxylation is 1. The number of amides is 1. The smallest absolute Gasteiger partial charge is 0.434 e. The summed E-state index contributed by atoms with van der Waals surface area (Å²) in [5, 5.41) is 8.08. The van der Waals surface area contributed by atoms with E-state index in [0.29, 0.717) is 45.6 Å². The first-order valence-electron chi connectivity index (χ1n) is 13.1. The number of alkyl halides is 7. The van der Waals surface area contributed by atoms with E-state index in [1.807, 2.05) is 5.32 Å². The third kappa shape index (κ3) is 7.64.